The van der Waals surface area contributed by atoms with Crippen molar-refractivity contribution in [2.45, 2.75) is 30.7 Å². The molecule has 7 nitrogen and oxygen atoms in total. The minimum Gasteiger partial charge on any atom is -0.325 e. The first-order chi connectivity index (χ1) is 13.8. The number of hydrogen-bond acceptors (Lipinski definition) is 5. The van der Waals surface area contributed by atoms with E-state index in [1.165, 1.54) is 23.9 Å². The molecule has 0 atom stereocenters. The Bertz CT molecular complexity index is 1000. The second kappa shape index (κ2) is 9.43. The topological polar surface area (TPSA) is 104 Å². The minimum absolute atomic E-state index is 0.0144. The lowest BCUT2D eigenvalue weighted by Gasteiger charge is -2.09. The molecule has 3 rings (SSSR count). The Hall–Kier alpha value is -2.36. The first-order valence-electron chi connectivity index (χ1n) is 9.18. The summed E-state index contributed by atoms with van der Waals surface area (Å²) < 4.78 is 27.1. The quantitative estimate of drug-likeness (QED) is 0.564. The summed E-state index contributed by atoms with van der Waals surface area (Å²) >= 11 is 1.18. The number of carbonyl (C=O) groups excluding carboxylic acids is 2. The van der Waals surface area contributed by atoms with Crippen molar-refractivity contribution in [1.82, 2.24) is 4.72 Å². The Morgan fingerprint density at radius 2 is 1.55 bits per heavy atom. The molecule has 0 aliphatic heterocycles. The van der Waals surface area contributed by atoms with E-state index >= 15 is 0 Å². The standard InChI is InChI=1S/C20H23N3O4S2/c1-14-4-2-5-16(10-14)21-19(24)12-28-13-20(25)22-17-6-3-7-18(11-17)29(26,27)23-15-8-9-15/h2-7,10-11,15,23H,8-9,12-13H2,1H3,(H,21,24)(H,22,25). The van der Waals surface area contributed by atoms with E-state index in [0.717, 1.165) is 24.1 Å². The van der Waals surface area contributed by atoms with Gasteiger partial charge in [-0.25, -0.2) is 13.1 Å². The molecule has 3 N–H and O–H groups in total. The molecule has 1 fully saturated rings. The van der Waals surface area contributed by atoms with Crippen LogP contribution >= 0.6 is 11.8 Å². The normalized spacial score (nSPS) is 13.7. The maximum atomic E-state index is 12.3. The lowest BCUT2D eigenvalue weighted by Crippen LogP contribution is -2.25. The van der Waals surface area contributed by atoms with E-state index in [-0.39, 0.29) is 34.3 Å². The first kappa shape index (κ1) is 21.4. The average molecular weight is 434 g/mol. The van der Waals surface area contributed by atoms with Gasteiger partial charge in [-0.2, -0.15) is 0 Å². The number of hydrogen-bond donors (Lipinski definition) is 3. The Kier molecular flexibility index (Phi) is 6.94. The van der Waals surface area contributed by atoms with Gasteiger partial charge in [0, 0.05) is 17.4 Å². The second-order valence-electron chi connectivity index (χ2n) is 6.88. The highest BCUT2D eigenvalue weighted by Gasteiger charge is 2.28. The number of benzene rings is 2. The molecule has 2 aromatic rings. The van der Waals surface area contributed by atoms with Gasteiger partial charge in [0.15, 0.2) is 0 Å². The molecule has 0 spiro atoms. The fraction of sp³-hybridized carbons (Fsp3) is 0.300. The van der Waals surface area contributed by atoms with Gasteiger partial charge in [-0.05, 0) is 55.7 Å². The van der Waals surface area contributed by atoms with E-state index in [1.807, 2.05) is 25.1 Å². The number of amides is 2. The van der Waals surface area contributed by atoms with E-state index in [2.05, 4.69) is 15.4 Å². The number of aryl methyl sites for hydroxylation is 1. The molecule has 0 unspecified atom stereocenters. The highest BCUT2D eigenvalue weighted by molar-refractivity contribution is 8.00. The Balaban J connectivity index is 1.45. The van der Waals surface area contributed by atoms with Crippen molar-refractivity contribution in [3.05, 3.63) is 54.1 Å². The van der Waals surface area contributed by atoms with Crippen LogP contribution in [0.25, 0.3) is 0 Å². The van der Waals surface area contributed by atoms with Crippen LogP contribution in [-0.4, -0.2) is 37.8 Å². The third-order valence-electron chi connectivity index (χ3n) is 4.10. The highest BCUT2D eigenvalue weighted by Crippen LogP contribution is 2.23. The zero-order valence-electron chi connectivity index (χ0n) is 16.0. The molecule has 154 valence electrons. The summed E-state index contributed by atoms with van der Waals surface area (Å²) in [5.41, 5.74) is 2.17. The van der Waals surface area contributed by atoms with Gasteiger partial charge in [0.25, 0.3) is 0 Å². The van der Waals surface area contributed by atoms with Crippen LogP contribution in [-0.2, 0) is 19.6 Å². The van der Waals surface area contributed by atoms with Gasteiger partial charge < -0.3 is 10.6 Å². The molecule has 0 aromatic heterocycles. The maximum Gasteiger partial charge on any atom is 0.240 e. The van der Waals surface area contributed by atoms with E-state index in [0.29, 0.717) is 5.69 Å². The molecule has 0 heterocycles. The minimum atomic E-state index is -3.58. The molecule has 9 heteroatoms. The summed E-state index contributed by atoms with van der Waals surface area (Å²) in [6.07, 6.45) is 1.70. The number of sulfonamides is 1. The summed E-state index contributed by atoms with van der Waals surface area (Å²) in [5.74, 6) is -0.268. The number of carbonyl (C=O) groups is 2. The summed E-state index contributed by atoms with van der Waals surface area (Å²) in [5, 5.41) is 5.46. The number of nitrogens with one attached hydrogen (secondary N) is 3. The molecule has 2 amide bonds. The van der Waals surface area contributed by atoms with Crippen LogP contribution in [0.3, 0.4) is 0 Å². The fourth-order valence-corrected chi connectivity index (χ4v) is 4.55. The molecule has 1 aliphatic carbocycles. The zero-order chi connectivity index (χ0) is 20.9. The Morgan fingerprint density at radius 1 is 0.966 bits per heavy atom. The number of anilines is 2. The summed E-state index contributed by atoms with van der Waals surface area (Å²) in [4.78, 5) is 24.2. The van der Waals surface area contributed by atoms with Crippen LogP contribution < -0.4 is 15.4 Å². The lowest BCUT2D eigenvalue weighted by atomic mass is 10.2. The average Bonchev–Trinajstić information content (AvgIpc) is 3.45. The van der Waals surface area contributed by atoms with Crippen molar-refractivity contribution >= 4 is 45.0 Å². The molecular weight excluding hydrogens is 410 g/mol. The van der Waals surface area contributed by atoms with Crippen LogP contribution in [0, 0.1) is 6.92 Å². The van der Waals surface area contributed by atoms with E-state index < -0.39 is 10.0 Å². The van der Waals surface area contributed by atoms with Crippen LogP contribution in [0.15, 0.2) is 53.4 Å². The highest BCUT2D eigenvalue weighted by atomic mass is 32.2. The van der Waals surface area contributed by atoms with Gasteiger partial charge in [-0.15, -0.1) is 11.8 Å². The van der Waals surface area contributed by atoms with Gasteiger partial charge in [-0.3, -0.25) is 9.59 Å². The number of rotatable bonds is 9. The molecule has 29 heavy (non-hydrogen) atoms. The van der Waals surface area contributed by atoms with Gasteiger partial charge in [-0.1, -0.05) is 18.2 Å². The molecule has 0 radical (unpaired) electrons. The van der Waals surface area contributed by atoms with Crippen molar-refractivity contribution in [3.63, 3.8) is 0 Å². The van der Waals surface area contributed by atoms with Gasteiger partial charge in [0.2, 0.25) is 21.8 Å². The Labute approximate surface area is 174 Å². The van der Waals surface area contributed by atoms with Gasteiger partial charge in [0.1, 0.15) is 0 Å². The molecule has 1 saturated carbocycles. The van der Waals surface area contributed by atoms with Crippen molar-refractivity contribution in [2.75, 3.05) is 22.1 Å². The smallest absolute Gasteiger partial charge is 0.240 e. The third-order valence-corrected chi connectivity index (χ3v) is 6.55. The van der Waals surface area contributed by atoms with Crippen molar-refractivity contribution in [2.24, 2.45) is 0 Å². The van der Waals surface area contributed by atoms with E-state index in [9.17, 15) is 18.0 Å². The van der Waals surface area contributed by atoms with Crippen LogP contribution in [0.1, 0.15) is 18.4 Å². The molecule has 1 aliphatic rings. The van der Waals surface area contributed by atoms with Crippen LogP contribution in [0.2, 0.25) is 0 Å². The summed E-state index contributed by atoms with van der Waals surface area (Å²) in [6, 6.07) is 13.6. The largest absolute Gasteiger partial charge is 0.325 e. The van der Waals surface area contributed by atoms with E-state index in [1.54, 1.807) is 18.2 Å². The SMILES string of the molecule is Cc1cccc(NC(=O)CSCC(=O)Nc2cccc(S(=O)(=O)NC3CC3)c2)c1. The van der Waals surface area contributed by atoms with Crippen molar-refractivity contribution < 1.29 is 18.0 Å². The third kappa shape index (κ3) is 6.88. The fourth-order valence-electron chi connectivity index (χ4n) is 2.58. The van der Waals surface area contributed by atoms with Crippen LogP contribution in [0.5, 0.6) is 0 Å². The summed E-state index contributed by atoms with van der Waals surface area (Å²) in [6.45, 7) is 1.94. The van der Waals surface area contributed by atoms with Gasteiger partial charge >= 0.3 is 0 Å². The lowest BCUT2D eigenvalue weighted by molar-refractivity contribution is -0.114. The summed E-state index contributed by atoms with van der Waals surface area (Å²) in [7, 11) is -3.58. The van der Waals surface area contributed by atoms with Crippen molar-refractivity contribution in [1.29, 1.82) is 0 Å². The van der Waals surface area contributed by atoms with Crippen molar-refractivity contribution in [3.8, 4) is 0 Å². The Morgan fingerprint density at radius 3 is 2.14 bits per heavy atom. The van der Waals surface area contributed by atoms with Crippen LogP contribution in [0.4, 0.5) is 11.4 Å². The second-order valence-corrected chi connectivity index (χ2v) is 9.58. The molecular formula is C20H23N3O4S2. The number of thioether (sulfide) groups is 1. The predicted octanol–water partition coefficient (Wildman–Crippen LogP) is 2.75. The van der Waals surface area contributed by atoms with Gasteiger partial charge in [0.05, 0.1) is 16.4 Å². The maximum absolute atomic E-state index is 12.3. The predicted molar refractivity (Wildman–Crippen MR) is 116 cm³/mol. The molecule has 2 aromatic carbocycles. The van der Waals surface area contributed by atoms with E-state index in [4.69, 9.17) is 0 Å². The monoisotopic (exact) mass is 433 g/mol. The zero-order valence-corrected chi connectivity index (χ0v) is 17.6. The first-order valence-corrected chi connectivity index (χ1v) is 11.8. The molecule has 0 bridgehead atoms. The molecule has 0 saturated heterocycles.